The zero-order valence-electron chi connectivity index (χ0n) is 12.8. The maximum atomic E-state index is 12.0. The van der Waals surface area contributed by atoms with Crippen LogP contribution < -0.4 is 10.5 Å². The van der Waals surface area contributed by atoms with Gasteiger partial charge in [0, 0.05) is 18.8 Å². The summed E-state index contributed by atoms with van der Waals surface area (Å²) in [6.07, 6.45) is 4.42. The fourth-order valence-corrected chi connectivity index (χ4v) is 2.66. The van der Waals surface area contributed by atoms with Crippen molar-refractivity contribution in [3.05, 3.63) is 59.9 Å². The lowest BCUT2D eigenvalue weighted by Gasteiger charge is -2.14. The van der Waals surface area contributed by atoms with Crippen LogP contribution in [-0.4, -0.2) is 19.3 Å². The van der Waals surface area contributed by atoms with Gasteiger partial charge < -0.3 is 5.32 Å². The van der Waals surface area contributed by atoms with Gasteiger partial charge in [-0.2, -0.15) is 0 Å². The van der Waals surface area contributed by atoms with Crippen LogP contribution in [0.2, 0.25) is 0 Å². The lowest BCUT2D eigenvalue weighted by atomic mass is 10.1. The van der Waals surface area contributed by atoms with Crippen molar-refractivity contribution in [1.82, 2.24) is 10.3 Å². The first-order chi connectivity index (χ1) is 10.9. The van der Waals surface area contributed by atoms with E-state index in [1.165, 1.54) is 12.1 Å². The van der Waals surface area contributed by atoms with Crippen LogP contribution in [0.5, 0.6) is 0 Å². The number of aryl methyl sites for hydroxylation is 1. The number of rotatable bonds is 6. The molecule has 3 N–H and O–H groups in total. The minimum Gasteiger partial charge on any atom is -0.350 e. The van der Waals surface area contributed by atoms with Gasteiger partial charge in [0.25, 0.3) is 0 Å². The lowest BCUT2D eigenvalue weighted by molar-refractivity contribution is -0.121. The summed E-state index contributed by atoms with van der Waals surface area (Å²) in [4.78, 5) is 16.0. The summed E-state index contributed by atoms with van der Waals surface area (Å²) in [5.41, 5.74) is 1.82. The van der Waals surface area contributed by atoms with Crippen LogP contribution in [-0.2, 0) is 21.2 Å². The molecule has 1 aromatic carbocycles. The molecular formula is C16H19N3O3S. The minimum atomic E-state index is -3.70. The van der Waals surface area contributed by atoms with Gasteiger partial charge in [0.2, 0.25) is 15.9 Å². The molecule has 0 bridgehead atoms. The predicted octanol–water partition coefficient (Wildman–Crippen LogP) is 1.54. The van der Waals surface area contributed by atoms with E-state index in [9.17, 15) is 13.2 Å². The summed E-state index contributed by atoms with van der Waals surface area (Å²) in [5, 5.41) is 7.94. The van der Waals surface area contributed by atoms with Crippen LogP contribution in [0.1, 0.15) is 30.5 Å². The molecular weight excluding hydrogens is 314 g/mol. The Bertz CT molecular complexity index is 759. The number of amides is 1. The van der Waals surface area contributed by atoms with Gasteiger partial charge in [-0.3, -0.25) is 9.78 Å². The predicted molar refractivity (Wildman–Crippen MR) is 86.9 cm³/mol. The number of aromatic nitrogens is 1. The average Bonchev–Trinajstić information content (AvgIpc) is 2.53. The summed E-state index contributed by atoms with van der Waals surface area (Å²) >= 11 is 0. The zero-order valence-corrected chi connectivity index (χ0v) is 13.6. The molecule has 2 rings (SSSR count). The number of sulfonamides is 1. The first-order valence-corrected chi connectivity index (χ1v) is 8.72. The molecule has 1 amide bonds. The number of hydrogen-bond donors (Lipinski definition) is 2. The molecule has 0 aliphatic heterocycles. The molecule has 0 saturated carbocycles. The van der Waals surface area contributed by atoms with Crippen molar-refractivity contribution >= 4 is 15.9 Å². The minimum absolute atomic E-state index is 0.0522. The van der Waals surface area contributed by atoms with Crippen LogP contribution in [0, 0.1) is 0 Å². The molecule has 1 atom stereocenters. The van der Waals surface area contributed by atoms with Gasteiger partial charge in [-0.25, -0.2) is 13.6 Å². The quantitative estimate of drug-likeness (QED) is 0.837. The zero-order chi connectivity index (χ0) is 16.9. The van der Waals surface area contributed by atoms with Crippen LogP contribution in [0.25, 0.3) is 0 Å². The van der Waals surface area contributed by atoms with Gasteiger partial charge in [0.05, 0.1) is 10.9 Å². The maximum Gasteiger partial charge on any atom is 0.238 e. The van der Waals surface area contributed by atoms with E-state index in [4.69, 9.17) is 5.14 Å². The van der Waals surface area contributed by atoms with Crippen molar-refractivity contribution in [3.8, 4) is 0 Å². The smallest absolute Gasteiger partial charge is 0.238 e. The number of nitrogens with zero attached hydrogens (tertiary/aromatic N) is 1. The van der Waals surface area contributed by atoms with Crippen molar-refractivity contribution in [2.75, 3.05) is 0 Å². The van der Waals surface area contributed by atoms with Crippen molar-refractivity contribution in [2.45, 2.75) is 30.7 Å². The van der Waals surface area contributed by atoms with E-state index in [1.54, 1.807) is 24.5 Å². The first kappa shape index (κ1) is 17.1. The fraction of sp³-hybridized carbons (Fsp3) is 0.250. The van der Waals surface area contributed by atoms with E-state index in [2.05, 4.69) is 10.3 Å². The van der Waals surface area contributed by atoms with Crippen molar-refractivity contribution in [3.63, 3.8) is 0 Å². The highest BCUT2D eigenvalue weighted by molar-refractivity contribution is 7.89. The van der Waals surface area contributed by atoms with E-state index >= 15 is 0 Å². The lowest BCUT2D eigenvalue weighted by Crippen LogP contribution is -2.26. The van der Waals surface area contributed by atoms with E-state index in [1.807, 2.05) is 19.1 Å². The van der Waals surface area contributed by atoms with Crippen LogP contribution >= 0.6 is 0 Å². The first-order valence-electron chi connectivity index (χ1n) is 7.17. The Labute approximate surface area is 135 Å². The number of pyridine rings is 1. The number of benzene rings is 1. The van der Waals surface area contributed by atoms with Crippen LogP contribution in [0.15, 0.2) is 53.7 Å². The molecule has 1 aromatic heterocycles. The molecule has 0 aliphatic carbocycles. The Hall–Kier alpha value is -2.25. The Morgan fingerprint density at radius 1 is 1.26 bits per heavy atom. The summed E-state index contributed by atoms with van der Waals surface area (Å²) in [6.45, 7) is 1.84. The second kappa shape index (κ2) is 7.34. The molecule has 122 valence electrons. The van der Waals surface area contributed by atoms with Gasteiger partial charge >= 0.3 is 0 Å². The second-order valence-corrected chi connectivity index (χ2v) is 6.83. The summed E-state index contributed by atoms with van der Waals surface area (Å²) in [5.74, 6) is -0.0723. The molecule has 0 saturated heterocycles. The van der Waals surface area contributed by atoms with E-state index in [0.717, 1.165) is 11.1 Å². The van der Waals surface area contributed by atoms with Gasteiger partial charge in [-0.15, -0.1) is 0 Å². The number of nitrogens with two attached hydrogens (primary N) is 1. The van der Waals surface area contributed by atoms with Gasteiger partial charge in [0.1, 0.15) is 0 Å². The number of nitrogens with one attached hydrogen (secondary N) is 1. The van der Waals surface area contributed by atoms with Crippen LogP contribution in [0.3, 0.4) is 0 Å². The summed E-state index contributed by atoms with van der Waals surface area (Å²) in [7, 11) is -3.70. The monoisotopic (exact) mass is 333 g/mol. The molecule has 0 fully saturated rings. The van der Waals surface area contributed by atoms with Crippen molar-refractivity contribution < 1.29 is 13.2 Å². The third-order valence-corrected chi connectivity index (χ3v) is 4.38. The second-order valence-electron chi connectivity index (χ2n) is 5.26. The van der Waals surface area contributed by atoms with E-state index in [0.29, 0.717) is 12.8 Å². The molecule has 1 heterocycles. The molecule has 0 spiro atoms. The molecule has 7 heteroatoms. The average molecular weight is 333 g/mol. The molecule has 0 aliphatic rings. The molecule has 0 radical (unpaired) electrons. The SMILES string of the molecule is CC(NC(=O)CCc1cccnc1)c1ccc(S(N)(=O)=O)cc1. The highest BCUT2D eigenvalue weighted by Gasteiger charge is 2.12. The van der Waals surface area contributed by atoms with Crippen molar-refractivity contribution in [2.24, 2.45) is 5.14 Å². The van der Waals surface area contributed by atoms with Crippen LogP contribution in [0.4, 0.5) is 0 Å². The number of carbonyl (C=O) groups is 1. The standard InChI is InChI=1S/C16H19N3O3S/c1-12(14-5-7-15(8-6-14)23(17,21)22)19-16(20)9-4-13-3-2-10-18-11-13/h2-3,5-8,10-12H,4,9H2,1H3,(H,19,20)(H2,17,21,22). The largest absolute Gasteiger partial charge is 0.350 e. The Morgan fingerprint density at radius 2 is 1.96 bits per heavy atom. The highest BCUT2D eigenvalue weighted by Crippen LogP contribution is 2.15. The number of primary sulfonamides is 1. The Kier molecular flexibility index (Phi) is 5.46. The highest BCUT2D eigenvalue weighted by atomic mass is 32.2. The van der Waals surface area contributed by atoms with E-state index < -0.39 is 10.0 Å². The third-order valence-electron chi connectivity index (χ3n) is 3.45. The van der Waals surface area contributed by atoms with E-state index in [-0.39, 0.29) is 16.8 Å². The molecule has 6 nitrogen and oxygen atoms in total. The van der Waals surface area contributed by atoms with Gasteiger partial charge in [0.15, 0.2) is 0 Å². The summed E-state index contributed by atoms with van der Waals surface area (Å²) in [6, 6.07) is 9.70. The van der Waals surface area contributed by atoms with Gasteiger partial charge in [-0.05, 0) is 42.7 Å². The number of carbonyl (C=O) groups excluding carboxylic acids is 1. The topological polar surface area (TPSA) is 102 Å². The normalized spacial score (nSPS) is 12.6. The van der Waals surface area contributed by atoms with Gasteiger partial charge in [-0.1, -0.05) is 18.2 Å². The molecule has 1 unspecified atom stereocenters. The summed E-state index contributed by atoms with van der Waals surface area (Å²) < 4.78 is 22.4. The van der Waals surface area contributed by atoms with Crippen molar-refractivity contribution in [1.29, 1.82) is 0 Å². The molecule has 2 aromatic rings. The molecule has 23 heavy (non-hydrogen) atoms. The fourth-order valence-electron chi connectivity index (χ4n) is 2.15. The number of hydrogen-bond acceptors (Lipinski definition) is 4. The Balaban J connectivity index is 1.90. The third kappa shape index (κ3) is 5.15. The Morgan fingerprint density at radius 3 is 2.52 bits per heavy atom. The maximum absolute atomic E-state index is 12.0.